The van der Waals surface area contributed by atoms with Gasteiger partial charge >= 0.3 is 0 Å². The Balaban J connectivity index is 1.43. The number of halogens is 1. The van der Waals surface area contributed by atoms with E-state index in [2.05, 4.69) is 30.4 Å². The standard InChI is InChI=1S/C20H14FN7O/c1-11-8-9-22-20-26-18(27-28(11)20)19(29)23-14-6-7-15-16(10-14)25-17(24-15)12-2-4-13(21)5-3-12/h2-10H,1H3,(H,23,29)(H,24,25). The van der Waals surface area contributed by atoms with Crippen molar-refractivity contribution < 1.29 is 9.18 Å². The summed E-state index contributed by atoms with van der Waals surface area (Å²) in [6, 6.07) is 13.2. The molecule has 0 fully saturated rings. The molecule has 0 spiro atoms. The molecule has 5 aromatic rings. The van der Waals surface area contributed by atoms with Gasteiger partial charge in [0, 0.05) is 23.1 Å². The van der Waals surface area contributed by atoms with Gasteiger partial charge in [0.15, 0.2) is 0 Å². The summed E-state index contributed by atoms with van der Waals surface area (Å²) in [6.45, 7) is 1.86. The van der Waals surface area contributed by atoms with Gasteiger partial charge in [0.05, 0.1) is 11.0 Å². The molecule has 3 heterocycles. The van der Waals surface area contributed by atoms with E-state index in [4.69, 9.17) is 0 Å². The first-order valence-electron chi connectivity index (χ1n) is 8.82. The number of amides is 1. The highest BCUT2D eigenvalue weighted by Gasteiger charge is 2.15. The van der Waals surface area contributed by atoms with Crippen LogP contribution in [0.1, 0.15) is 16.3 Å². The fourth-order valence-corrected chi connectivity index (χ4v) is 3.02. The molecular weight excluding hydrogens is 373 g/mol. The largest absolute Gasteiger partial charge is 0.338 e. The Morgan fingerprint density at radius 3 is 2.72 bits per heavy atom. The van der Waals surface area contributed by atoms with E-state index in [0.717, 1.165) is 22.3 Å². The Morgan fingerprint density at radius 2 is 1.93 bits per heavy atom. The Labute approximate surface area is 163 Å². The second kappa shape index (κ2) is 6.48. The number of fused-ring (bicyclic) bond motifs is 2. The highest BCUT2D eigenvalue weighted by atomic mass is 19.1. The van der Waals surface area contributed by atoms with E-state index in [1.54, 1.807) is 42.6 Å². The van der Waals surface area contributed by atoms with E-state index < -0.39 is 5.91 Å². The van der Waals surface area contributed by atoms with Crippen molar-refractivity contribution >= 4 is 28.4 Å². The van der Waals surface area contributed by atoms with Gasteiger partial charge < -0.3 is 10.3 Å². The van der Waals surface area contributed by atoms with Gasteiger partial charge in [0.2, 0.25) is 5.82 Å². The van der Waals surface area contributed by atoms with E-state index >= 15 is 0 Å². The van der Waals surface area contributed by atoms with Crippen LogP contribution in [0.4, 0.5) is 10.1 Å². The molecule has 0 unspecified atom stereocenters. The van der Waals surface area contributed by atoms with Crippen molar-refractivity contribution in [3.8, 4) is 11.4 Å². The summed E-state index contributed by atoms with van der Waals surface area (Å²) in [4.78, 5) is 28.5. The lowest BCUT2D eigenvalue weighted by Crippen LogP contribution is -2.14. The van der Waals surface area contributed by atoms with E-state index in [9.17, 15) is 9.18 Å². The van der Waals surface area contributed by atoms with E-state index in [1.807, 2.05) is 6.92 Å². The molecule has 3 aromatic heterocycles. The first kappa shape index (κ1) is 17.0. The molecule has 0 saturated carbocycles. The second-order valence-electron chi connectivity index (χ2n) is 6.51. The summed E-state index contributed by atoms with van der Waals surface area (Å²) in [5.74, 6) is 0.270. The molecule has 1 amide bonds. The van der Waals surface area contributed by atoms with Gasteiger partial charge in [-0.2, -0.15) is 4.98 Å². The number of nitrogens with one attached hydrogen (secondary N) is 2. The molecule has 9 heteroatoms. The molecule has 0 bridgehead atoms. The van der Waals surface area contributed by atoms with Crippen molar-refractivity contribution in [2.45, 2.75) is 6.92 Å². The van der Waals surface area contributed by atoms with E-state index in [1.165, 1.54) is 16.6 Å². The maximum absolute atomic E-state index is 13.1. The third-order valence-corrected chi connectivity index (χ3v) is 4.49. The average Bonchev–Trinajstić information content (AvgIpc) is 3.33. The number of H-pyrrole nitrogens is 1. The molecule has 0 saturated heterocycles. The number of nitrogens with zero attached hydrogens (tertiary/aromatic N) is 5. The quantitative estimate of drug-likeness (QED) is 0.494. The van der Waals surface area contributed by atoms with Crippen LogP contribution in [0.3, 0.4) is 0 Å². The van der Waals surface area contributed by atoms with E-state index in [-0.39, 0.29) is 11.6 Å². The van der Waals surface area contributed by atoms with Crippen LogP contribution in [0.5, 0.6) is 0 Å². The molecule has 2 N–H and O–H groups in total. The number of carbonyl (C=O) groups is 1. The van der Waals surface area contributed by atoms with Gasteiger partial charge in [-0.1, -0.05) is 0 Å². The smallest absolute Gasteiger partial charge is 0.295 e. The molecule has 8 nitrogen and oxygen atoms in total. The van der Waals surface area contributed by atoms with Crippen LogP contribution in [0, 0.1) is 12.7 Å². The van der Waals surface area contributed by atoms with Crippen LogP contribution in [-0.4, -0.2) is 35.5 Å². The van der Waals surface area contributed by atoms with Crippen molar-refractivity contribution in [1.82, 2.24) is 29.5 Å². The molecule has 2 aromatic carbocycles. The molecule has 29 heavy (non-hydrogen) atoms. The van der Waals surface area contributed by atoms with Gasteiger partial charge in [-0.3, -0.25) is 4.79 Å². The van der Waals surface area contributed by atoms with Gasteiger partial charge in [0.1, 0.15) is 11.6 Å². The van der Waals surface area contributed by atoms with Crippen LogP contribution in [0.2, 0.25) is 0 Å². The average molecular weight is 387 g/mol. The SMILES string of the molecule is Cc1ccnc2nc(C(=O)Nc3ccc4nc(-c5ccc(F)cc5)[nH]c4c3)nn12. The zero-order chi connectivity index (χ0) is 20.0. The fourth-order valence-electron chi connectivity index (χ4n) is 3.02. The number of anilines is 1. The van der Waals surface area contributed by atoms with Gasteiger partial charge in [-0.15, -0.1) is 5.10 Å². The summed E-state index contributed by atoms with van der Waals surface area (Å²) in [5.41, 5.74) is 3.63. The minimum atomic E-state index is -0.437. The zero-order valence-corrected chi connectivity index (χ0v) is 15.2. The molecule has 0 aliphatic heterocycles. The summed E-state index contributed by atoms with van der Waals surface area (Å²) in [6.07, 6.45) is 1.62. The number of hydrogen-bond acceptors (Lipinski definition) is 5. The number of aryl methyl sites for hydroxylation is 1. The van der Waals surface area contributed by atoms with Crippen molar-refractivity contribution in [3.63, 3.8) is 0 Å². The van der Waals surface area contributed by atoms with Crippen molar-refractivity contribution in [1.29, 1.82) is 0 Å². The van der Waals surface area contributed by atoms with Crippen molar-refractivity contribution in [2.24, 2.45) is 0 Å². The highest BCUT2D eigenvalue weighted by molar-refractivity contribution is 6.02. The third-order valence-electron chi connectivity index (χ3n) is 4.49. The predicted molar refractivity (Wildman–Crippen MR) is 105 cm³/mol. The lowest BCUT2D eigenvalue weighted by Gasteiger charge is -2.01. The summed E-state index contributed by atoms with van der Waals surface area (Å²) >= 11 is 0. The third kappa shape index (κ3) is 3.08. The maximum atomic E-state index is 13.1. The van der Waals surface area contributed by atoms with Crippen LogP contribution < -0.4 is 5.32 Å². The first-order chi connectivity index (χ1) is 14.1. The van der Waals surface area contributed by atoms with Gasteiger partial charge in [-0.25, -0.2) is 18.9 Å². The maximum Gasteiger partial charge on any atom is 0.295 e. The number of aromatic nitrogens is 6. The molecule has 142 valence electrons. The lowest BCUT2D eigenvalue weighted by atomic mass is 10.2. The Bertz CT molecular complexity index is 1370. The number of imidazole rings is 1. The number of benzene rings is 2. The van der Waals surface area contributed by atoms with Gasteiger partial charge in [-0.05, 0) is 55.5 Å². The van der Waals surface area contributed by atoms with Crippen LogP contribution >= 0.6 is 0 Å². The fraction of sp³-hybridized carbons (Fsp3) is 0.0500. The van der Waals surface area contributed by atoms with Gasteiger partial charge in [0.25, 0.3) is 11.7 Å². The summed E-state index contributed by atoms with van der Waals surface area (Å²) in [5, 5.41) is 6.99. The zero-order valence-electron chi connectivity index (χ0n) is 15.2. The highest BCUT2D eigenvalue weighted by Crippen LogP contribution is 2.23. The number of rotatable bonds is 3. The minimum Gasteiger partial charge on any atom is -0.338 e. The molecule has 5 rings (SSSR count). The monoisotopic (exact) mass is 387 g/mol. The minimum absolute atomic E-state index is 0.0310. The molecule has 0 radical (unpaired) electrons. The van der Waals surface area contributed by atoms with Crippen LogP contribution in [0.15, 0.2) is 54.7 Å². The lowest BCUT2D eigenvalue weighted by molar-refractivity contribution is 0.101. The summed E-state index contributed by atoms with van der Waals surface area (Å²) < 4.78 is 14.6. The normalized spacial score (nSPS) is 11.2. The Hall–Kier alpha value is -4.14. The second-order valence-corrected chi connectivity index (χ2v) is 6.51. The molecule has 0 aliphatic carbocycles. The summed E-state index contributed by atoms with van der Waals surface area (Å²) in [7, 11) is 0. The Morgan fingerprint density at radius 1 is 1.10 bits per heavy atom. The molecule has 0 atom stereocenters. The molecule has 0 aliphatic rings. The van der Waals surface area contributed by atoms with Crippen molar-refractivity contribution in [3.05, 3.63) is 72.1 Å². The van der Waals surface area contributed by atoms with E-state index in [0.29, 0.717) is 17.3 Å². The number of carbonyl (C=O) groups excluding carboxylic acids is 1. The predicted octanol–water partition coefficient (Wildman–Crippen LogP) is 3.37. The molecular formula is C20H14FN7O. The van der Waals surface area contributed by atoms with Crippen molar-refractivity contribution in [2.75, 3.05) is 5.32 Å². The Kier molecular flexibility index (Phi) is 3.80. The van der Waals surface area contributed by atoms with Crippen LogP contribution in [-0.2, 0) is 0 Å². The number of aromatic amines is 1. The topological polar surface area (TPSA) is 101 Å². The number of hydrogen-bond donors (Lipinski definition) is 2. The first-order valence-corrected chi connectivity index (χ1v) is 8.82. The van der Waals surface area contributed by atoms with Crippen LogP contribution in [0.25, 0.3) is 28.2 Å².